The van der Waals surface area contributed by atoms with Crippen LogP contribution in [-0.4, -0.2) is 21.6 Å². The van der Waals surface area contributed by atoms with Gasteiger partial charge in [-0.25, -0.2) is 9.18 Å². The van der Waals surface area contributed by atoms with Gasteiger partial charge in [-0.15, -0.1) is 0 Å². The first-order valence-corrected chi connectivity index (χ1v) is 6.02. The zero-order valence-electron chi connectivity index (χ0n) is 10.8. The van der Waals surface area contributed by atoms with Gasteiger partial charge in [0.15, 0.2) is 0 Å². The molecule has 0 aliphatic carbocycles. The highest BCUT2D eigenvalue weighted by Gasteiger charge is 2.14. The van der Waals surface area contributed by atoms with Gasteiger partial charge in [-0.05, 0) is 37.3 Å². The number of benzene rings is 1. The maximum atomic E-state index is 13.7. The van der Waals surface area contributed by atoms with Crippen molar-refractivity contribution in [2.45, 2.75) is 13.5 Å². The molecular formula is C14H13FN2O3. The number of hydrogen-bond acceptors (Lipinski definition) is 2. The van der Waals surface area contributed by atoms with Crippen molar-refractivity contribution in [3.05, 3.63) is 53.6 Å². The van der Waals surface area contributed by atoms with Crippen LogP contribution in [0.2, 0.25) is 0 Å². The number of aryl methyl sites for hydroxylation is 1. The van der Waals surface area contributed by atoms with E-state index in [-0.39, 0.29) is 11.3 Å². The monoisotopic (exact) mass is 276 g/mol. The molecule has 1 aromatic carbocycles. The first-order chi connectivity index (χ1) is 9.52. The van der Waals surface area contributed by atoms with Crippen LogP contribution in [0.3, 0.4) is 0 Å². The van der Waals surface area contributed by atoms with Gasteiger partial charge < -0.3 is 15.0 Å². The lowest BCUT2D eigenvalue weighted by atomic mass is 10.2. The van der Waals surface area contributed by atoms with Crippen LogP contribution in [0.4, 0.5) is 10.1 Å². The fourth-order valence-electron chi connectivity index (χ4n) is 1.83. The molecule has 0 saturated heterocycles. The Labute approximate surface area is 114 Å². The van der Waals surface area contributed by atoms with Crippen molar-refractivity contribution >= 4 is 17.6 Å². The third kappa shape index (κ3) is 2.69. The van der Waals surface area contributed by atoms with E-state index in [1.54, 1.807) is 22.9 Å². The molecule has 0 unspecified atom stereocenters. The maximum absolute atomic E-state index is 13.7. The number of hydrogen-bond donors (Lipinski definition) is 2. The van der Waals surface area contributed by atoms with E-state index in [0.29, 0.717) is 12.2 Å². The Hall–Kier alpha value is -2.63. The molecule has 0 spiro atoms. The SMILES string of the molecule is CCn1cccc1C(=O)Nc1ccc(C(=O)O)cc1F. The van der Waals surface area contributed by atoms with Crippen molar-refractivity contribution in [3.8, 4) is 0 Å². The van der Waals surface area contributed by atoms with Gasteiger partial charge in [0.1, 0.15) is 11.5 Å². The molecular weight excluding hydrogens is 263 g/mol. The summed E-state index contributed by atoms with van der Waals surface area (Å²) in [6, 6.07) is 6.69. The summed E-state index contributed by atoms with van der Waals surface area (Å²) < 4.78 is 15.4. The van der Waals surface area contributed by atoms with E-state index >= 15 is 0 Å². The summed E-state index contributed by atoms with van der Waals surface area (Å²) in [5.74, 6) is -2.45. The minimum Gasteiger partial charge on any atom is -0.478 e. The van der Waals surface area contributed by atoms with Crippen molar-refractivity contribution in [1.82, 2.24) is 4.57 Å². The number of aromatic carboxylic acids is 1. The number of carboxylic acids is 1. The summed E-state index contributed by atoms with van der Waals surface area (Å²) in [5.41, 5.74) is 0.190. The van der Waals surface area contributed by atoms with Crippen molar-refractivity contribution in [2.24, 2.45) is 0 Å². The van der Waals surface area contributed by atoms with Gasteiger partial charge in [-0.3, -0.25) is 4.79 Å². The highest BCUT2D eigenvalue weighted by molar-refractivity contribution is 6.03. The summed E-state index contributed by atoms with van der Waals surface area (Å²) >= 11 is 0. The third-order valence-electron chi connectivity index (χ3n) is 2.87. The molecule has 20 heavy (non-hydrogen) atoms. The quantitative estimate of drug-likeness (QED) is 0.901. The molecule has 2 aromatic rings. The van der Waals surface area contributed by atoms with Crippen LogP contribution >= 0.6 is 0 Å². The van der Waals surface area contributed by atoms with Crippen LogP contribution in [0.25, 0.3) is 0 Å². The largest absolute Gasteiger partial charge is 0.478 e. The summed E-state index contributed by atoms with van der Waals surface area (Å²) in [5, 5.41) is 11.2. The number of anilines is 1. The van der Waals surface area contributed by atoms with Crippen LogP contribution in [0.15, 0.2) is 36.5 Å². The Kier molecular flexibility index (Phi) is 3.84. The first kappa shape index (κ1) is 13.8. The summed E-state index contributed by atoms with van der Waals surface area (Å²) in [6.07, 6.45) is 1.75. The van der Waals surface area contributed by atoms with Crippen molar-refractivity contribution in [2.75, 3.05) is 5.32 Å². The van der Waals surface area contributed by atoms with Crippen molar-refractivity contribution in [1.29, 1.82) is 0 Å². The maximum Gasteiger partial charge on any atom is 0.335 e. The molecule has 1 aromatic heterocycles. The zero-order chi connectivity index (χ0) is 14.7. The zero-order valence-corrected chi connectivity index (χ0v) is 10.8. The van der Waals surface area contributed by atoms with Crippen molar-refractivity contribution < 1.29 is 19.1 Å². The molecule has 0 fully saturated rings. The number of aromatic nitrogens is 1. The van der Waals surface area contributed by atoms with Gasteiger partial charge in [-0.1, -0.05) is 0 Å². The van der Waals surface area contributed by atoms with Crippen LogP contribution < -0.4 is 5.32 Å². The lowest BCUT2D eigenvalue weighted by Crippen LogP contribution is -2.17. The standard InChI is InChI=1S/C14H13FN2O3/c1-2-17-7-3-4-12(17)13(18)16-11-6-5-9(14(19)20)8-10(11)15/h3-8H,2H2,1H3,(H,16,18)(H,19,20). The second kappa shape index (κ2) is 5.56. The lowest BCUT2D eigenvalue weighted by molar-refractivity contribution is 0.0696. The number of nitrogens with one attached hydrogen (secondary N) is 1. The highest BCUT2D eigenvalue weighted by Crippen LogP contribution is 2.17. The number of halogens is 1. The predicted octanol–water partition coefficient (Wildman–Crippen LogP) is 2.60. The van der Waals surface area contributed by atoms with E-state index in [1.165, 1.54) is 12.1 Å². The Balaban J connectivity index is 2.22. The molecule has 1 amide bonds. The highest BCUT2D eigenvalue weighted by atomic mass is 19.1. The van der Waals surface area contributed by atoms with E-state index in [2.05, 4.69) is 5.32 Å². The molecule has 2 rings (SSSR count). The molecule has 104 valence electrons. The Morgan fingerprint density at radius 1 is 1.35 bits per heavy atom. The predicted molar refractivity (Wildman–Crippen MR) is 71.4 cm³/mol. The second-order valence-electron chi connectivity index (χ2n) is 4.13. The van der Waals surface area contributed by atoms with Crippen LogP contribution in [-0.2, 0) is 6.54 Å². The minimum absolute atomic E-state index is 0.0520. The van der Waals surface area contributed by atoms with Gasteiger partial charge in [0.25, 0.3) is 5.91 Å². The molecule has 0 bridgehead atoms. The molecule has 5 nitrogen and oxygen atoms in total. The van der Waals surface area contributed by atoms with E-state index in [9.17, 15) is 14.0 Å². The van der Waals surface area contributed by atoms with Gasteiger partial charge in [0, 0.05) is 12.7 Å². The summed E-state index contributed by atoms with van der Waals surface area (Å²) in [7, 11) is 0. The first-order valence-electron chi connectivity index (χ1n) is 6.02. The molecule has 0 saturated carbocycles. The van der Waals surface area contributed by atoms with E-state index in [0.717, 1.165) is 6.07 Å². The van der Waals surface area contributed by atoms with E-state index in [4.69, 9.17) is 5.11 Å². The Morgan fingerprint density at radius 2 is 2.10 bits per heavy atom. The normalized spacial score (nSPS) is 10.3. The number of carboxylic acid groups (broad SMARTS) is 1. The average Bonchev–Trinajstić information content (AvgIpc) is 2.89. The average molecular weight is 276 g/mol. The number of amides is 1. The number of nitrogens with zero attached hydrogens (tertiary/aromatic N) is 1. The lowest BCUT2D eigenvalue weighted by Gasteiger charge is -2.09. The van der Waals surface area contributed by atoms with E-state index < -0.39 is 17.7 Å². The van der Waals surface area contributed by atoms with Gasteiger partial charge in [-0.2, -0.15) is 0 Å². The molecule has 0 aliphatic rings. The fourth-order valence-corrected chi connectivity index (χ4v) is 1.83. The van der Waals surface area contributed by atoms with Crippen LogP contribution in [0, 0.1) is 5.82 Å². The smallest absolute Gasteiger partial charge is 0.335 e. The number of carbonyl (C=O) groups excluding carboxylic acids is 1. The number of rotatable bonds is 4. The number of carbonyl (C=O) groups is 2. The molecule has 6 heteroatoms. The molecule has 0 atom stereocenters. The molecule has 2 N–H and O–H groups in total. The Morgan fingerprint density at radius 3 is 2.70 bits per heavy atom. The van der Waals surface area contributed by atoms with Crippen molar-refractivity contribution in [3.63, 3.8) is 0 Å². The van der Waals surface area contributed by atoms with Crippen LogP contribution in [0.5, 0.6) is 0 Å². The molecule has 1 heterocycles. The topological polar surface area (TPSA) is 71.3 Å². The fraction of sp³-hybridized carbons (Fsp3) is 0.143. The summed E-state index contributed by atoms with van der Waals surface area (Å²) in [6.45, 7) is 2.51. The van der Waals surface area contributed by atoms with Gasteiger partial charge in [0.2, 0.25) is 0 Å². The van der Waals surface area contributed by atoms with Gasteiger partial charge in [0.05, 0.1) is 11.3 Å². The van der Waals surface area contributed by atoms with Crippen LogP contribution in [0.1, 0.15) is 27.8 Å². The third-order valence-corrected chi connectivity index (χ3v) is 2.87. The summed E-state index contributed by atoms with van der Waals surface area (Å²) in [4.78, 5) is 22.7. The minimum atomic E-state index is -1.22. The van der Waals surface area contributed by atoms with Gasteiger partial charge >= 0.3 is 5.97 Å². The van der Waals surface area contributed by atoms with E-state index in [1.807, 2.05) is 6.92 Å². The Bertz CT molecular complexity index is 664. The molecule has 0 radical (unpaired) electrons. The second-order valence-corrected chi connectivity index (χ2v) is 4.13. The molecule has 0 aliphatic heterocycles.